The number of hydrogen-bond acceptors (Lipinski definition) is 6. The minimum absolute atomic E-state index is 0.0524. The first-order valence-electron chi connectivity index (χ1n) is 15.4. The Balaban J connectivity index is 2.22. The highest BCUT2D eigenvalue weighted by molar-refractivity contribution is 7.99. The van der Waals surface area contributed by atoms with Crippen LogP contribution in [0.5, 0.6) is 0 Å². The molecule has 5 N–H and O–H groups in total. The Labute approximate surface area is 266 Å². The number of terminal acetylenes is 1. The number of primary amides is 1. The summed E-state index contributed by atoms with van der Waals surface area (Å²) in [6.07, 6.45) is 9.90. The third kappa shape index (κ3) is 10.6. The maximum Gasteiger partial charge on any atom is 0.315 e. The second-order valence-electron chi connectivity index (χ2n) is 12.5. The summed E-state index contributed by atoms with van der Waals surface area (Å²) in [5.74, 6) is 0.00637. The third-order valence-corrected chi connectivity index (χ3v) is 9.31. The average molecular weight is 628 g/mol. The summed E-state index contributed by atoms with van der Waals surface area (Å²) < 4.78 is 0. The molecule has 1 fully saturated rings. The van der Waals surface area contributed by atoms with Gasteiger partial charge in [-0.1, -0.05) is 65.7 Å². The molecule has 1 saturated heterocycles. The number of nitrogens with zero attached hydrogens (tertiary/aromatic N) is 1. The van der Waals surface area contributed by atoms with Crippen molar-refractivity contribution >= 4 is 41.3 Å². The number of likely N-dealkylation sites (tertiary alicyclic amines) is 1. The van der Waals surface area contributed by atoms with E-state index in [0.717, 1.165) is 24.2 Å². The summed E-state index contributed by atoms with van der Waals surface area (Å²) in [5, 5.41) is 8.74. The van der Waals surface area contributed by atoms with Gasteiger partial charge in [0, 0.05) is 23.6 Å². The molecule has 1 aromatic carbocycles. The molecular formula is C33H49N5O5S. The zero-order chi connectivity index (χ0) is 32.9. The van der Waals surface area contributed by atoms with Crippen LogP contribution in [-0.2, 0) is 19.2 Å². The Hall–Kier alpha value is -3.52. The van der Waals surface area contributed by atoms with E-state index in [4.69, 9.17) is 12.2 Å². The molecule has 0 bridgehead atoms. The minimum Gasteiger partial charge on any atom is -0.363 e. The van der Waals surface area contributed by atoms with Crippen molar-refractivity contribution in [2.75, 3.05) is 12.3 Å². The van der Waals surface area contributed by atoms with E-state index in [1.54, 1.807) is 11.8 Å². The zero-order valence-electron chi connectivity index (χ0n) is 26.7. The lowest BCUT2D eigenvalue weighted by Gasteiger charge is -2.38. The molecule has 0 aliphatic carbocycles. The zero-order valence-corrected chi connectivity index (χ0v) is 27.6. The Bertz CT molecular complexity index is 1200. The number of ketones is 1. The molecular weight excluding hydrogens is 578 g/mol. The summed E-state index contributed by atoms with van der Waals surface area (Å²) in [5.41, 5.74) is 4.02. The van der Waals surface area contributed by atoms with Gasteiger partial charge in [-0.2, -0.15) is 0 Å². The Morgan fingerprint density at radius 2 is 1.80 bits per heavy atom. The lowest BCUT2D eigenvalue weighted by Crippen LogP contribution is -2.62. The number of nitrogens with two attached hydrogens (primary N) is 1. The van der Waals surface area contributed by atoms with E-state index in [0.29, 0.717) is 31.6 Å². The van der Waals surface area contributed by atoms with Crippen LogP contribution in [0.25, 0.3) is 0 Å². The molecule has 1 aromatic rings. The van der Waals surface area contributed by atoms with E-state index in [1.165, 1.54) is 4.90 Å². The molecule has 44 heavy (non-hydrogen) atoms. The molecule has 2 rings (SSSR count). The fourth-order valence-corrected chi connectivity index (χ4v) is 6.47. The topological polar surface area (TPSA) is 151 Å². The lowest BCUT2D eigenvalue weighted by molar-refractivity contribution is -0.143. The van der Waals surface area contributed by atoms with E-state index < -0.39 is 52.7 Å². The molecule has 242 valence electrons. The third-order valence-electron chi connectivity index (χ3n) is 8.00. The van der Waals surface area contributed by atoms with E-state index in [2.05, 4.69) is 35.7 Å². The maximum absolute atomic E-state index is 14.0. The van der Waals surface area contributed by atoms with Crippen LogP contribution < -0.4 is 21.7 Å². The fraction of sp³-hybridized carbons (Fsp3) is 0.606. The van der Waals surface area contributed by atoms with Gasteiger partial charge in [0.05, 0.1) is 11.6 Å². The number of Topliss-reactive ketones (excluding diaryl/α,β-unsaturated/α-hetero) is 1. The molecule has 1 aliphatic rings. The molecule has 0 spiro atoms. The van der Waals surface area contributed by atoms with Crippen LogP contribution in [0.1, 0.15) is 86.0 Å². The first kappa shape index (κ1) is 36.7. The van der Waals surface area contributed by atoms with E-state index in [9.17, 15) is 24.0 Å². The molecule has 0 saturated carbocycles. The predicted octanol–water partition coefficient (Wildman–Crippen LogP) is 3.78. The van der Waals surface area contributed by atoms with Gasteiger partial charge in [0.1, 0.15) is 12.1 Å². The van der Waals surface area contributed by atoms with Crippen LogP contribution in [0.3, 0.4) is 0 Å². The molecule has 0 aromatic heterocycles. The minimum atomic E-state index is -1.17. The number of carbonyl (C=O) groups is 5. The fourth-order valence-electron chi connectivity index (χ4n) is 5.25. The highest BCUT2D eigenvalue weighted by Gasteiger charge is 2.43. The van der Waals surface area contributed by atoms with Gasteiger partial charge in [-0.15, -0.1) is 24.1 Å². The highest BCUT2D eigenvalue weighted by Crippen LogP contribution is 2.30. The molecule has 0 radical (unpaired) electrons. The Kier molecular flexibility index (Phi) is 14.2. The molecule has 1 heterocycles. The second-order valence-corrected chi connectivity index (χ2v) is 13.5. The van der Waals surface area contributed by atoms with Gasteiger partial charge >= 0.3 is 6.03 Å². The van der Waals surface area contributed by atoms with Gasteiger partial charge in [0.25, 0.3) is 5.91 Å². The number of benzene rings is 1. The number of carbonyl (C=O) groups excluding carboxylic acids is 5. The maximum atomic E-state index is 14.0. The van der Waals surface area contributed by atoms with Crippen molar-refractivity contribution in [3.8, 4) is 12.3 Å². The normalized spacial score (nSPS) is 17.5. The van der Waals surface area contributed by atoms with Gasteiger partial charge in [-0.25, -0.2) is 4.79 Å². The number of hydrogen-bond donors (Lipinski definition) is 4. The second kappa shape index (κ2) is 17.1. The van der Waals surface area contributed by atoms with Gasteiger partial charge in [-0.05, 0) is 49.7 Å². The first-order valence-corrected chi connectivity index (χ1v) is 16.4. The van der Waals surface area contributed by atoms with Crippen LogP contribution in [0.15, 0.2) is 35.2 Å². The van der Waals surface area contributed by atoms with Crippen molar-refractivity contribution in [3.63, 3.8) is 0 Å². The summed E-state index contributed by atoms with van der Waals surface area (Å²) in [4.78, 5) is 67.3. The number of unbranched alkanes of at least 4 members (excludes halogenated alkanes) is 1. The lowest BCUT2D eigenvalue weighted by atomic mass is 9.85. The van der Waals surface area contributed by atoms with Gasteiger partial charge < -0.3 is 26.6 Å². The molecule has 1 aliphatic heterocycles. The van der Waals surface area contributed by atoms with Crippen LogP contribution in [-0.4, -0.2) is 70.4 Å². The number of urea groups is 1. The van der Waals surface area contributed by atoms with Crippen LogP contribution >= 0.6 is 11.8 Å². The van der Waals surface area contributed by atoms with E-state index in [1.807, 2.05) is 51.1 Å². The standard InChI is InChI=1S/C33H49N5O5S/c1-7-10-18-24(26(39)28(34)40)35-29(41)25-19-15-21-38(25)30(42)27(32(4,5)6)36-31(43)37-33(9-3,20-11-8-2)22-44-23-16-13-12-14-17-23/h1,12-14,16-17,24-25,27H,8-11,15,18-22H2,2-6H3,(H2,34,40)(H,35,41)(H2,36,37,43)/t24?,25-,27?,33?/m0/s1. The summed E-state index contributed by atoms with van der Waals surface area (Å²) in [6, 6.07) is 6.63. The Morgan fingerprint density at radius 1 is 1.11 bits per heavy atom. The van der Waals surface area contributed by atoms with Crippen molar-refractivity contribution in [1.82, 2.24) is 20.9 Å². The van der Waals surface area contributed by atoms with E-state index in [-0.39, 0.29) is 18.7 Å². The van der Waals surface area contributed by atoms with Crippen molar-refractivity contribution in [3.05, 3.63) is 30.3 Å². The summed E-state index contributed by atoms with van der Waals surface area (Å²) in [7, 11) is 0. The van der Waals surface area contributed by atoms with Crippen LogP contribution in [0.4, 0.5) is 4.79 Å². The van der Waals surface area contributed by atoms with Gasteiger partial charge in [-0.3, -0.25) is 19.2 Å². The van der Waals surface area contributed by atoms with Gasteiger partial charge in [0.15, 0.2) is 0 Å². The smallest absolute Gasteiger partial charge is 0.315 e. The predicted molar refractivity (Wildman–Crippen MR) is 174 cm³/mol. The summed E-state index contributed by atoms with van der Waals surface area (Å²) in [6.45, 7) is 10.1. The molecule has 5 amide bonds. The average Bonchev–Trinajstić information content (AvgIpc) is 3.49. The van der Waals surface area contributed by atoms with Gasteiger partial charge in [0.2, 0.25) is 17.6 Å². The molecule has 11 heteroatoms. The van der Waals surface area contributed by atoms with Crippen molar-refractivity contribution in [2.24, 2.45) is 11.1 Å². The number of amides is 5. The quantitative estimate of drug-likeness (QED) is 0.124. The van der Waals surface area contributed by atoms with Crippen LogP contribution in [0, 0.1) is 17.8 Å². The molecule has 3 unspecified atom stereocenters. The van der Waals surface area contributed by atoms with Crippen molar-refractivity contribution in [2.45, 2.75) is 115 Å². The van der Waals surface area contributed by atoms with Crippen molar-refractivity contribution < 1.29 is 24.0 Å². The highest BCUT2D eigenvalue weighted by atomic mass is 32.2. The first-order chi connectivity index (χ1) is 20.8. The van der Waals surface area contributed by atoms with Crippen molar-refractivity contribution in [1.29, 1.82) is 0 Å². The Morgan fingerprint density at radius 3 is 2.36 bits per heavy atom. The molecule has 10 nitrogen and oxygen atoms in total. The van der Waals surface area contributed by atoms with Crippen LogP contribution in [0.2, 0.25) is 0 Å². The monoisotopic (exact) mass is 627 g/mol. The SMILES string of the molecule is C#CCCC(NC(=O)[C@@H]1CCCN1C(=O)C(NC(=O)NC(CC)(CCCC)CSc1ccccc1)C(C)(C)C)C(=O)C(N)=O. The number of rotatable bonds is 16. The number of thioether (sulfide) groups is 1. The largest absolute Gasteiger partial charge is 0.363 e. The summed E-state index contributed by atoms with van der Waals surface area (Å²) >= 11 is 1.69. The number of nitrogens with one attached hydrogen (secondary N) is 3. The molecule has 4 atom stereocenters. The van der Waals surface area contributed by atoms with E-state index >= 15 is 0 Å².